The third-order valence-electron chi connectivity index (χ3n) is 5.89. The highest BCUT2D eigenvalue weighted by molar-refractivity contribution is 5.76. The largest absolute Gasteiger partial charge is 0.496 e. The van der Waals surface area contributed by atoms with Crippen LogP contribution < -0.4 is 10.1 Å². The molecule has 0 saturated carbocycles. The van der Waals surface area contributed by atoms with E-state index in [4.69, 9.17) is 4.74 Å². The fourth-order valence-electron chi connectivity index (χ4n) is 4.07. The second kappa shape index (κ2) is 10.4. The lowest BCUT2D eigenvalue weighted by molar-refractivity contribution is -0.133. The van der Waals surface area contributed by atoms with Gasteiger partial charge in [0.15, 0.2) is 0 Å². The summed E-state index contributed by atoms with van der Waals surface area (Å²) >= 11 is 0. The molecule has 1 amide bonds. The first kappa shape index (κ1) is 21.4. The van der Waals surface area contributed by atoms with Gasteiger partial charge in [-0.15, -0.1) is 0 Å². The Balaban J connectivity index is 1.63. The van der Waals surface area contributed by atoms with E-state index in [0.29, 0.717) is 18.9 Å². The zero-order valence-electron chi connectivity index (χ0n) is 18.0. The second-order valence-electron chi connectivity index (χ2n) is 8.24. The predicted molar refractivity (Wildman–Crippen MR) is 119 cm³/mol. The average Bonchev–Trinajstić information content (AvgIpc) is 2.76. The third-order valence-corrected chi connectivity index (χ3v) is 5.89. The number of nitrogens with zero attached hydrogens (tertiary/aromatic N) is 1. The fourth-order valence-corrected chi connectivity index (χ4v) is 4.07. The van der Waals surface area contributed by atoms with Crippen molar-refractivity contribution in [2.75, 3.05) is 20.2 Å². The molecule has 1 fully saturated rings. The molecule has 1 heterocycles. The van der Waals surface area contributed by atoms with Crippen LogP contribution in [-0.2, 0) is 11.3 Å². The minimum atomic E-state index is 0.199. The van der Waals surface area contributed by atoms with Crippen molar-refractivity contribution in [2.24, 2.45) is 5.92 Å². The molecule has 4 heteroatoms. The van der Waals surface area contributed by atoms with Crippen molar-refractivity contribution in [1.82, 2.24) is 10.2 Å². The Labute approximate surface area is 175 Å². The highest BCUT2D eigenvalue weighted by Gasteiger charge is 2.20. The maximum absolute atomic E-state index is 12.9. The molecule has 0 unspecified atom stereocenters. The van der Waals surface area contributed by atoms with Gasteiger partial charge in [-0.25, -0.2) is 0 Å². The first-order valence-corrected chi connectivity index (χ1v) is 10.8. The van der Waals surface area contributed by atoms with Crippen LogP contribution in [0, 0.1) is 5.92 Å². The van der Waals surface area contributed by atoms with E-state index in [-0.39, 0.29) is 11.9 Å². The topological polar surface area (TPSA) is 41.6 Å². The van der Waals surface area contributed by atoms with Gasteiger partial charge in [0.25, 0.3) is 0 Å². The number of hydrogen-bond donors (Lipinski definition) is 1. The van der Waals surface area contributed by atoms with Crippen molar-refractivity contribution >= 4 is 5.91 Å². The summed E-state index contributed by atoms with van der Waals surface area (Å²) in [4.78, 5) is 14.9. The van der Waals surface area contributed by atoms with E-state index in [1.807, 2.05) is 23.1 Å². The third kappa shape index (κ3) is 5.83. The van der Waals surface area contributed by atoms with Gasteiger partial charge in [0, 0.05) is 24.6 Å². The summed E-state index contributed by atoms with van der Waals surface area (Å²) in [6.07, 6.45) is 4.05. The molecule has 0 aromatic heterocycles. The Morgan fingerprint density at radius 2 is 1.79 bits per heavy atom. The molecule has 156 valence electrons. The summed E-state index contributed by atoms with van der Waals surface area (Å²) < 4.78 is 5.48. The molecule has 0 radical (unpaired) electrons. The normalized spacial score (nSPS) is 14.8. The molecule has 1 aliphatic rings. The quantitative estimate of drug-likeness (QED) is 0.694. The van der Waals surface area contributed by atoms with Crippen LogP contribution >= 0.6 is 0 Å². The van der Waals surface area contributed by atoms with Crippen LogP contribution in [0.25, 0.3) is 11.1 Å². The predicted octanol–water partition coefficient (Wildman–Crippen LogP) is 4.88. The second-order valence-corrected chi connectivity index (χ2v) is 8.24. The first-order chi connectivity index (χ1) is 14.1. The lowest BCUT2D eigenvalue weighted by Crippen LogP contribution is -2.37. The fraction of sp³-hybridized carbons (Fsp3) is 0.480. The van der Waals surface area contributed by atoms with E-state index < -0.39 is 0 Å². The molecule has 0 bridgehead atoms. The van der Waals surface area contributed by atoms with Crippen LogP contribution in [0.1, 0.15) is 45.1 Å². The summed E-state index contributed by atoms with van der Waals surface area (Å²) in [5.74, 6) is 1.83. The number of piperidine rings is 1. The zero-order valence-corrected chi connectivity index (χ0v) is 18.0. The Bertz CT molecular complexity index is 780. The molecule has 1 saturated heterocycles. The van der Waals surface area contributed by atoms with E-state index in [1.165, 1.54) is 12.8 Å². The van der Waals surface area contributed by atoms with Crippen LogP contribution in [0.3, 0.4) is 0 Å². The number of carbonyl (C=O) groups excluding carboxylic acids is 1. The highest BCUT2D eigenvalue weighted by atomic mass is 16.5. The monoisotopic (exact) mass is 394 g/mol. The van der Waals surface area contributed by atoms with E-state index in [2.05, 4.69) is 49.5 Å². The Kier molecular flexibility index (Phi) is 7.70. The van der Waals surface area contributed by atoms with Crippen molar-refractivity contribution in [3.05, 3.63) is 54.1 Å². The molecule has 2 aromatic rings. The first-order valence-electron chi connectivity index (χ1n) is 10.8. The maximum Gasteiger partial charge on any atom is 0.223 e. The van der Waals surface area contributed by atoms with E-state index >= 15 is 0 Å². The number of rotatable bonds is 8. The van der Waals surface area contributed by atoms with Gasteiger partial charge in [0.2, 0.25) is 5.91 Å². The summed E-state index contributed by atoms with van der Waals surface area (Å²) in [5, 5.41) is 3.40. The number of methoxy groups -OCH3 is 1. The van der Waals surface area contributed by atoms with Crippen molar-refractivity contribution in [3.63, 3.8) is 0 Å². The van der Waals surface area contributed by atoms with Crippen molar-refractivity contribution in [3.8, 4) is 16.9 Å². The van der Waals surface area contributed by atoms with E-state index in [0.717, 1.165) is 42.0 Å². The SMILES string of the molecule is COc1ccccc1-c1ccc(CN(C(=O)CCC2CCNCC2)C(C)C)cc1. The molecule has 2 aromatic carbocycles. The number of amides is 1. The number of para-hydroxylation sites is 1. The van der Waals surface area contributed by atoms with Gasteiger partial charge in [-0.05, 0) is 69.3 Å². The minimum Gasteiger partial charge on any atom is -0.496 e. The van der Waals surface area contributed by atoms with Gasteiger partial charge in [0.05, 0.1) is 7.11 Å². The van der Waals surface area contributed by atoms with Gasteiger partial charge in [0.1, 0.15) is 5.75 Å². The number of benzene rings is 2. The molecular weight excluding hydrogens is 360 g/mol. The summed E-state index contributed by atoms with van der Waals surface area (Å²) in [5.41, 5.74) is 3.37. The summed E-state index contributed by atoms with van der Waals surface area (Å²) in [6, 6.07) is 16.7. The lowest BCUT2D eigenvalue weighted by Gasteiger charge is -2.29. The highest BCUT2D eigenvalue weighted by Crippen LogP contribution is 2.30. The Morgan fingerprint density at radius 1 is 1.10 bits per heavy atom. The minimum absolute atomic E-state index is 0.199. The van der Waals surface area contributed by atoms with Crippen LogP contribution in [0.2, 0.25) is 0 Å². The van der Waals surface area contributed by atoms with Crippen LogP contribution in [0.5, 0.6) is 5.75 Å². The lowest BCUT2D eigenvalue weighted by atomic mass is 9.93. The summed E-state index contributed by atoms with van der Waals surface area (Å²) in [7, 11) is 1.70. The summed E-state index contributed by atoms with van der Waals surface area (Å²) in [6.45, 7) is 7.04. The molecule has 0 atom stereocenters. The molecule has 0 aliphatic carbocycles. The van der Waals surface area contributed by atoms with Crippen molar-refractivity contribution in [2.45, 2.75) is 52.1 Å². The van der Waals surface area contributed by atoms with Gasteiger partial charge < -0.3 is 15.0 Å². The standard InChI is InChI=1S/C25H34N2O2/c1-19(2)27(25(28)13-10-20-14-16-26-17-15-20)18-21-8-11-22(12-9-21)23-6-4-5-7-24(23)29-3/h4-9,11-12,19-20,26H,10,13-18H2,1-3H3. The Hall–Kier alpha value is -2.33. The van der Waals surface area contributed by atoms with Crippen LogP contribution in [0.15, 0.2) is 48.5 Å². The number of carbonyl (C=O) groups is 1. The van der Waals surface area contributed by atoms with Gasteiger partial charge in [-0.1, -0.05) is 42.5 Å². The van der Waals surface area contributed by atoms with Crippen LogP contribution in [-0.4, -0.2) is 37.0 Å². The van der Waals surface area contributed by atoms with Gasteiger partial charge in [-0.2, -0.15) is 0 Å². The molecule has 1 aliphatic heterocycles. The number of nitrogens with one attached hydrogen (secondary N) is 1. The molecule has 3 rings (SSSR count). The zero-order chi connectivity index (χ0) is 20.6. The molecule has 0 spiro atoms. The molecule has 4 nitrogen and oxygen atoms in total. The van der Waals surface area contributed by atoms with Gasteiger partial charge in [-0.3, -0.25) is 4.79 Å². The molecular formula is C25H34N2O2. The van der Waals surface area contributed by atoms with E-state index in [1.54, 1.807) is 7.11 Å². The number of ether oxygens (including phenoxy) is 1. The maximum atomic E-state index is 12.9. The van der Waals surface area contributed by atoms with Crippen molar-refractivity contribution < 1.29 is 9.53 Å². The van der Waals surface area contributed by atoms with Crippen molar-refractivity contribution in [1.29, 1.82) is 0 Å². The number of hydrogen-bond acceptors (Lipinski definition) is 3. The Morgan fingerprint density at radius 3 is 2.45 bits per heavy atom. The molecule has 1 N–H and O–H groups in total. The van der Waals surface area contributed by atoms with E-state index in [9.17, 15) is 4.79 Å². The van der Waals surface area contributed by atoms with Crippen LogP contribution in [0.4, 0.5) is 0 Å². The molecule has 29 heavy (non-hydrogen) atoms. The average molecular weight is 395 g/mol. The smallest absolute Gasteiger partial charge is 0.223 e. The van der Waals surface area contributed by atoms with Gasteiger partial charge >= 0.3 is 0 Å².